The summed E-state index contributed by atoms with van der Waals surface area (Å²) in [7, 11) is -4.06. The Labute approximate surface area is 188 Å². The van der Waals surface area contributed by atoms with E-state index in [9.17, 15) is 28.2 Å². The molecule has 0 saturated carbocycles. The maximum atomic E-state index is 13.3. The van der Waals surface area contributed by atoms with Crippen molar-refractivity contribution in [1.29, 1.82) is 0 Å². The summed E-state index contributed by atoms with van der Waals surface area (Å²) < 4.78 is 26.7. The smallest absolute Gasteiger partial charge is 0.229 e. The minimum Gasteiger partial charge on any atom is -0.507 e. The van der Waals surface area contributed by atoms with Gasteiger partial charge >= 0.3 is 0 Å². The van der Waals surface area contributed by atoms with Gasteiger partial charge in [0.05, 0.1) is 11.3 Å². The highest BCUT2D eigenvalue weighted by molar-refractivity contribution is 7.91. The number of nitrogens with zero attached hydrogens (tertiary/aromatic N) is 1. The highest BCUT2D eigenvalue weighted by Crippen LogP contribution is 2.44. The number of sulfone groups is 1. The van der Waals surface area contributed by atoms with Gasteiger partial charge in [0.15, 0.2) is 9.84 Å². The summed E-state index contributed by atoms with van der Waals surface area (Å²) in [4.78, 5) is 24.5. The third kappa shape index (κ3) is 4.96. The van der Waals surface area contributed by atoms with Gasteiger partial charge in [0.1, 0.15) is 16.4 Å². The molecular formula is C24H29NO6S. The van der Waals surface area contributed by atoms with E-state index in [4.69, 9.17) is 0 Å². The van der Waals surface area contributed by atoms with Crippen molar-refractivity contribution >= 4 is 21.7 Å². The molecule has 1 fully saturated rings. The standard InChI is InChI=1S/C24H29NO6S/c1-3-4-5-8-18-15-19(26)22(17-9-6-7-16(2)14-17)23(29)24(18)32(30,31)13-12-25-20(27)10-11-21(25)28/h6-7,9,14-15,26,29H,3-5,8,10-13H2,1-2H3. The molecule has 172 valence electrons. The van der Waals surface area contributed by atoms with Gasteiger partial charge in [0.2, 0.25) is 11.8 Å². The van der Waals surface area contributed by atoms with Crippen LogP contribution in [0.5, 0.6) is 11.5 Å². The van der Waals surface area contributed by atoms with E-state index in [0.29, 0.717) is 24.0 Å². The SMILES string of the molecule is CCCCCc1cc(O)c(-c2cccc(C)c2)c(O)c1S(=O)(=O)CCN1C(=O)CCC1=O. The van der Waals surface area contributed by atoms with Crippen LogP contribution in [0.25, 0.3) is 11.1 Å². The van der Waals surface area contributed by atoms with Crippen molar-refractivity contribution in [3.8, 4) is 22.6 Å². The van der Waals surface area contributed by atoms with Gasteiger partial charge in [-0.05, 0) is 37.0 Å². The fourth-order valence-electron chi connectivity index (χ4n) is 4.06. The van der Waals surface area contributed by atoms with Crippen molar-refractivity contribution in [3.05, 3.63) is 41.5 Å². The van der Waals surface area contributed by atoms with E-state index in [-0.39, 0.29) is 47.4 Å². The zero-order valence-electron chi connectivity index (χ0n) is 18.4. The van der Waals surface area contributed by atoms with Gasteiger partial charge in [-0.25, -0.2) is 8.42 Å². The Hall–Kier alpha value is -2.87. The fraction of sp³-hybridized carbons (Fsp3) is 0.417. The second-order valence-corrected chi connectivity index (χ2v) is 10.2. The fourth-order valence-corrected chi connectivity index (χ4v) is 5.64. The van der Waals surface area contributed by atoms with Crippen LogP contribution in [-0.2, 0) is 25.8 Å². The molecule has 1 saturated heterocycles. The Kier molecular flexibility index (Phi) is 7.23. The molecule has 2 N–H and O–H groups in total. The van der Waals surface area contributed by atoms with E-state index in [1.165, 1.54) is 6.07 Å². The second kappa shape index (κ2) is 9.73. The number of benzene rings is 2. The Morgan fingerprint density at radius 2 is 1.72 bits per heavy atom. The number of amides is 2. The van der Waals surface area contributed by atoms with Crippen molar-refractivity contribution in [2.24, 2.45) is 0 Å². The van der Waals surface area contributed by atoms with Gasteiger partial charge in [0, 0.05) is 19.4 Å². The first kappa shape index (κ1) is 23.8. The Morgan fingerprint density at radius 3 is 2.34 bits per heavy atom. The summed E-state index contributed by atoms with van der Waals surface area (Å²) in [5, 5.41) is 21.8. The average Bonchev–Trinajstić information content (AvgIpc) is 3.04. The number of aryl methyl sites for hydroxylation is 2. The van der Waals surface area contributed by atoms with Crippen molar-refractivity contribution in [1.82, 2.24) is 4.90 Å². The lowest BCUT2D eigenvalue weighted by Gasteiger charge is -2.19. The number of phenols is 2. The molecule has 2 aromatic carbocycles. The van der Waals surface area contributed by atoms with Gasteiger partial charge in [-0.3, -0.25) is 14.5 Å². The number of carbonyl (C=O) groups is 2. The monoisotopic (exact) mass is 459 g/mol. The van der Waals surface area contributed by atoms with Crippen LogP contribution in [0.1, 0.15) is 50.2 Å². The number of imide groups is 1. The third-order valence-electron chi connectivity index (χ3n) is 5.72. The molecule has 2 aromatic rings. The molecule has 32 heavy (non-hydrogen) atoms. The normalized spacial score (nSPS) is 14.4. The highest BCUT2D eigenvalue weighted by Gasteiger charge is 2.33. The predicted molar refractivity (Wildman–Crippen MR) is 121 cm³/mol. The van der Waals surface area contributed by atoms with Crippen LogP contribution < -0.4 is 0 Å². The summed E-state index contributed by atoms with van der Waals surface area (Å²) in [6.07, 6.45) is 3.05. The first-order chi connectivity index (χ1) is 15.2. The second-order valence-electron chi connectivity index (χ2n) is 8.19. The molecule has 2 amide bonds. The van der Waals surface area contributed by atoms with Crippen molar-refractivity contribution in [2.45, 2.75) is 57.3 Å². The summed E-state index contributed by atoms with van der Waals surface area (Å²) in [5.74, 6) is -1.95. The quantitative estimate of drug-likeness (QED) is 0.437. The minimum atomic E-state index is -4.06. The predicted octanol–water partition coefficient (Wildman–Crippen LogP) is 3.73. The number of aromatic hydroxyl groups is 2. The van der Waals surface area contributed by atoms with Crippen LogP contribution in [0.2, 0.25) is 0 Å². The molecule has 0 atom stereocenters. The van der Waals surface area contributed by atoms with Crippen LogP contribution in [0.4, 0.5) is 0 Å². The van der Waals surface area contributed by atoms with Crippen LogP contribution in [0.3, 0.4) is 0 Å². The van der Waals surface area contributed by atoms with Gasteiger partial charge < -0.3 is 10.2 Å². The Bertz CT molecular complexity index is 1120. The Balaban J connectivity index is 2.06. The molecule has 7 nitrogen and oxygen atoms in total. The van der Waals surface area contributed by atoms with E-state index in [2.05, 4.69) is 0 Å². The largest absolute Gasteiger partial charge is 0.507 e. The maximum Gasteiger partial charge on any atom is 0.229 e. The molecular weight excluding hydrogens is 430 g/mol. The van der Waals surface area contributed by atoms with Gasteiger partial charge in [0.25, 0.3) is 0 Å². The molecule has 0 bridgehead atoms. The van der Waals surface area contributed by atoms with E-state index in [1.54, 1.807) is 18.2 Å². The average molecular weight is 460 g/mol. The molecule has 8 heteroatoms. The molecule has 0 unspecified atom stereocenters. The first-order valence-corrected chi connectivity index (χ1v) is 12.5. The number of unbranched alkanes of at least 4 members (excludes halogenated alkanes) is 2. The number of hydrogen-bond acceptors (Lipinski definition) is 6. The summed E-state index contributed by atoms with van der Waals surface area (Å²) >= 11 is 0. The molecule has 0 aromatic heterocycles. The van der Waals surface area contributed by atoms with Gasteiger partial charge in [-0.2, -0.15) is 0 Å². The van der Waals surface area contributed by atoms with Crippen molar-refractivity contribution in [3.63, 3.8) is 0 Å². The van der Waals surface area contributed by atoms with Crippen LogP contribution >= 0.6 is 0 Å². The topological polar surface area (TPSA) is 112 Å². The van der Waals surface area contributed by atoms with E-state index in [0.717, 1.165) is 23.3 Å². The lowest BCUT2D eigenvalue weighted by Crippen LogP contribution is -2.34. The van der Waals surface area contributed by atoms with Crippen molar-refractivity contribution in [2.75, 3.05) is 12.3 Å². The van der Waals surface area contributed by atoms with Crippen LogP contribution in [-0.4, -0.2) is 47.6 Å². The summed E-state index contributed by atoms with van der Waals surface area (Å²) in [6.45, 7) is 3.63. The molecule has 0 radical (unpaired) electrons. The maximum absolute atomic E-state index is 13.3. The van der Waals surface area contributed by atoms with Crippen LogP contribution in [0.15, 0.2) is 35.2 Å². The van der Waals surface area contributed by atoms with E-state index in [1.807, 2.05) is 19.9 Å². The lowest BCUT2D eigenvalue weighted by atomic mass is 9.97. The molecule has 1 aliphatic heterocycles. The molecule has 1 aliphatic rings. The molecule has 1 heterocycles. The van der Waals surface area contributed by atoms with E-state index >= 15 is 0 Å². The van der Waals surface area contributed by atoms with E-state index < -0.39 is 21.3 Å². The zero-order chi connectivity index (χ0) is 23.5. The Morgan fingerprint density at radius 1 is 1.03 bits per heavy atom. The molecule has 0 spiro atoms. The number of carbonyl (C=O) groups excluding carboxylic acids is 2. The zero-order valence-corrected chi connectivity index (χ0v) is 19.2. The number of likely N-dealkylation sites (tertiary alicyclic amines) is 1. The van der Waals surface area contributed by atoms with Crippen molar-refractivity contribution < 1.29 is 28.2 Å². The lowest BCUT2D eigenvalue weighted by molar-refractivity contribution is -0.137. The summed E-state index contributed by atoms with van der Waals surface area (Å²) in [6, 6.07) is 8.47. The third-order valence-corrected chi connectivity index (χ3v) is 7.51. The highest BCUT2D eigenvalue weighted by atomic mass is 32.2. The number of rotatable bonds is 9. The molecule has 0 aliphatic carbocycles. The number of hydrogen-bond donors (Lipinski definition) is 2. The van der Waals surface area contributed by atoms with Crippen LogP contribution in [0, 0.1) is 6.92 Å². The van der Waals surface area contributed by atoms with Gasteiger partial charge in [-0.15, -0.1) is 0 Å². The minimum absolute atomic E-state index is 0.0554. The number of phenolic OH excluding ortho intramolecular Hbond substituents is 2. The molecule has 3 rings (SSSR count). The first-order valence-electron chi connectivity index (χ1n) is 10.9. The summed E-state index contributed by atoms with van der Waals surface area (Å²) in [5.41, 5.74) is 1.79. The van der Waals surface area contributed by atoms with Gasteiger partial charge in [-0.1, -0.05) is 49.6 Å².